The van der Waals surface area contributed by atoms with E-state index in [1.54, 1.807) is 0 Å². The summed E-state index contributed by atoms with van der Waals surface area (Å²) in [6.45, 7) is 2.25. The Morgan fingerprint density at radius 1 is 0.625 bits per heavy atom. The van der Waals surface area contributed by atoms with Crippen molar-refractivity contribution in [1.82, 2.24) is 0 Å². The van der Waals surface area contributed by atoms with Gasteiger partial charge in [0.1, 0.15) is 18.5 Å². The van der Waals surface area contributed by atoms with E-state index in [1.165, 1.54) is 32.1 Å². The van der Waals surface area contributed by atoms with Crippen LogP contribution in [0.3, 0.4) is 0 Å². The summed E-state index contributed by atoms with van der Waals surface area (Å²) >= 11 is 0. The van der Waals surface area contributed by atoms with Crippen molar-refractivity contribution in [3.05, 3.63) is 0 Å². The Kier molecular flexibility index (Phi) is 6.13. The molecular weight excluding hydrogens is 316 g/mol. The number of hydrogen-bond donors (Lipinski definition) is 0. The van der Waals surface area contributed by atoms with E-state index < -0.39 is 24.7 Å². The van der Waals surface area contributed by atoms with E-state index in [9.17, 15) is 17.6 Å². The third kappa shape index (κ3) is 3.93. The van der Waals surface area contributed by atoms with Crippen LogP contribution < -0.4 is 0 Å². The van der Waals surface area contributed by atoms with E-state index in [2.05, 4.69) is 6.92 Å². The monoisotopic (exact) mass is 348 g/mol. The molecule has 3 aliphatic carbocycles. The Balaban J connectivity index is 1.52. The predicted molar refractivity (Wildman–Crippen MR) is 88.9 cm³/mol. The number of rotatable bonds is 3. The van der Waals surface area contributed by atoms with E-state index >= 15 is 0 Å². The third-order valence-electron chi connectivity index (χ3n) is 7.35. The molecule has 0 spiro atoms. The van der Waals surface area contributed by atoms with Crippen molar-refractivity contribution in [3.63, 3.8) is 0 Å². The SMILES string of the molecule is CCC1CCC([C@@H]2CCC(C3CC(F)C(F)C(F)C3)C(F)C2)CC1. The molecule has 3 fully saturated rings. The van der Waals surface area contributed by atoms with Crippen molar-refractivity contribution < 1.29 is 17.6 Å². The molecule has 0 amide bonds. The maximum absolute atomic E-state index is 14.8. The molecule has 0 aliphatic heterocycles. The maximum Gasteiger partial charge on any atom is 0.162 e. The lowest BCUT2D eigenvalue weighted by molar-refractivity contribution is -0.0286. The zero-order chi connectivity index (χ0) is 17.3. The summed E-state index contributed by atoms with van der Waals surface area (Å²) in [5, 5.41) is 0. The van der Waals surface area contributed by atoms with Gasteiger partial charge in [0.2, 0.25) is 0 Å². The lowest BCUT2D eigenvalue weighted by Gasteiger charge is -2.43. The second kappa shape index (κ2) is 7.95. The maximum atomic E-state index is 14.8. The highest BCUT2D eigenvalue weighted by molar-refractivity contribution is 4.94. The normalized spacial score (nSPS) is 50.6. The summed E-state index contributed by atoms with van der Waals surface area (Å²) < 4.78 is 55.4. The number of alkyl halides is 4. The summed E-state index contributed by atoms with van der Waals surface area (Å²) in [7, 11) is 0. The molecule has 0 aromatic heterocycles. The van der Waals surface area contributed by atoms with Crippen LogP contribution in [0.4, 0.5) is 17.6 Å². The van der Waals surface area contributed by atoms with Crippen LogP contribution in [0.25, 0.3) is 0 Å². The van der Waals surface area contributed by atoms with Crippen LogP contribution in [0, 0.1) is 29.6 Å². The molecule has 24 heavy (non-hydrogen) atoms. The molecule has 5 atom stereocenters. The average Bonchev–Trinajstić information content (AvgIpc) is 2.59. The van der Waals surface area contributed by atoms with Crippen molar-refractivity contribution >= 4 is 0 Å². The second-order valence-electron chi connectivity index (χ2n) is 8.65. The standard InChI is InChI=1S/C20H32F4/c1-2-12-3-5-13(6-4-12)14-7-8-16(17(21)9-14)15-10-18(22)20(24)19(23)11-15/h12-20H,2-11H2,1H3/t12?,13?,14-,15?,16?,17?,18?,19?,20?/m1/s1. The van der Waals surface area contributed by atoms with Gasteiger partial charge in [0.25, 0.3) is 0 Å². The molecule has 0 aromatic rings. The first-order chi connectivity index (χ1) is 11.5. The highest BCUT2D eigenvalue weighted by Crippen LogP contribution is 2.47. The van der Waals surface area contributed by atoms with Crippen molar-refractivity contribution in [2.75, 3.05) is 0 Å². The first kappa shape index (κ1) is 18.5. The molecule has 3 saturated carbocycles. The van der Waals surface area contributed by atoms with Gasteiger partial charge in [-0.05, 0) is 74.5 Å². The highest BCUT2D eigenvalue weighted by Gasteiger charge is 2.45. The van der Waals surface area contributed by atoms with Crippen LogP contribution in [0.2, 0.25) is 0 Å². The van der Waals surface area contributed by atoms with Crippen LogP contribution >= 0.6 is 0 Å². The van der Waals surface area contributed by atoms with Gasteiger partial charge in [-0.2, -0.15) is 0 Å². The molecule has 0 heterocycles. The molecule has 0 nitrogen and oxygen atoms in total. The van der Waals surface area contributed by atoms with Gasteiger partial charge in [-0.1, -0.05) is 26.2 Å². The van der Waals surface area contributed by atoms with Gasteiger partial charge in [0.05, 0.1) is 0 Å². The highest BCUT2D eigenvalue weighted by atomic mass is 19.2. The van der Waals surface area contributed by atoms with Crippen LogP contribution in [0.15, 0.2) is 0 Å². The first-order valence-electron chi connectivity index (χ1n) is 10.1. The Morgan fingerprint density at radius 2 is 1.17 bits per heavy atom. The van der Waals surface area contributed by atoms with Crippen molar-refractivity contribution in [1.29, 1.82) is 0 Å². The van der Waals surface area contributed by atoms with Crippen LogP contribution in [0.1, 0.15) is 71.1 Å². The van der Waals surface area contributed by atoms with E-state index in [1.807, 2.05) is 0 Å². The van der Waals surface area contributed by atoms with Gasteiger partial charge in [-0.15, -0.1) is 0 Å². The number of hydrogen-bond acceptors (Lipinski definition) is 0. The molecule has 0 aromatic carbocycles. The van der Waals surface area contributed by atoms with E-state index in [4.69, 9.17) is 0 Å². The van der Waals surface area contributed by atoms with Gasteiger partial charge in [-0.3, -0.25) is 0 Å². The Bertz CT molecular complexity index is 381. The summed E-state index contributed by atoms with van der Waals surface area (Å²) in [5.41, 5.74) is 0. The van der Waals surface area contributed by atoms with E-state index in [-0.39, 0.29) is 24.7 Å². The molecule has 0 N–H and O–H groups in total. The van der Waals surface area contributed by atoms with Crippen LogP contribution in [-0.2, 0) is 0 Å². The number of halogens is 4. The molecule has 0 bridgehead atoms. The van der Waals surface area contributed by atoms with Crippen LogP contribution in [0.5, 0.6) is 0 Å². The smallest absolute Gasteiger partial charge is 0.162 e. The van der Waals surface area contributed by atoms with Crippen molar-refractivity contribution in [3.8, 4) is 0 Å². The van der Waals surface area contributed by atoms with Gasteiger partial charge >= 0.3 is 0 Å². The Hall–Kier alpha value is -0.280. The molecular formula is C20H32F4. The minimum Gasteiger partial charge on any atom is -0.247 e. The fourth-order valence-electron chi connectivity index (χ4n) is 5.71. The van der Waals surface area contributed by atoms with Gasteiger partial charge in [0, 0.05) is 0 Å². The lowest BCUT2D eigenvalue weighted by Crippen LogP contribution is -2.43. The summed E-state index contributed by atoms with van der Waals surface area (Å²) in [4.78, 5) is 0. The van der Waals surface area contributed by atoms with Gasteiger partial charge in [0.15, 0.2) is 6.17 Å². The summed E-state index contributed by atoms with van der Waals surface area (Å²) in [6.07, 6.45) is 1.98. The largest absolute Gasteiger partial charge is 0.247 e. The molecule has 140 valence electrons. The second-order valence-corrected chi connectivity index (χ2v) is 8.65. The lowest BCUT2D eigenvalue weighted by atomic mass is 9.64. The fourth-order valence-corrected chi connectivity index (χ4v) is 5.71. The molecule has 3 rings (SSSR count). The average molecular weight is 348 g/mol. The van der Waals surface area contributed by atoms with Crippen molar-refractivity contribution in [2.24, 2.45) is 29.6 Å². The quantitative estimate of drug-likeness (QED) is 0.519. The van der Waals surface area contributed by atoms with Gasteiger partial charge < -0.3 is 0 Å². The Morgan fingerprint density at radius 3 is 1.71 bits per heavy atom. The third-order valence-corrected chi connectivity index (χ3v) is 7.35. The fraction of sp³-hybridized carbons (Fsp3) is 1.00. The van der Waals surface area contributed by atoms with E-state index in [0.717, 1.165) is 18.8 Å². The van der Waals surface area contributed by atoms with E-state index in [0.29, 0.717) is 18.3 Å². The zero-order valence-electron chi connectivity index (χ0n) is 14.8. The first-order valence-corrected chi connectivity index (χ1v) is 10.1. The van der Waals surface area contributed by atoms with Gasteiger partial charge in [-0.25, -0.2) is 17.6 Å². The molecule has 0 saturated heterocycles. The molecule has 3 aliphatic rings. The summed E-state index contributed by atoms with van der Waals surface area (Å²) in [6, 6.07) is 0. The minimum absolute atomic E-state index is 0.00104. The summed E-state index contributed by atoms with van der Waals surface area (Å²) in [5.74, 6) is 1.33. The van der Waals surface area contributed by atoms with Crippen molar-refractivity contribution in [2.45, 2.75) is 95.8 Å². The Labute approximate surface area is 143 Å². The molecule has 4 unspecified atom stereocenters. The van der Waals surface area contributed by atoms with Crippen LogP contribution in [-0.4, -0.2) is 24.7 Å². The topological polar surface area (TPSA) is 0 Å². The molecule has 4 heteroatoms. The minimum atomic E-state index is -2.01. The zero-order valence-corrected chi connectivity index (χ0v) is 14.8. The predicted octanol–water partition coefficient (Wildman–Crippen LogP) is 6.38. The molecule has 0 radical (unpaired) electrons.